The number of rotatable bonds is 2. The van der Waals surface area contributed by atoms with Crippen LogP contribution < -0.4 is 0 Å². The van der Waals surface area contributed by atoms with E-state index in [2.05, 4.69) is 32.6 Å². The zero-order valence-electron chi connectivity index (χ0n) is 5.50. The third-order valence-electron chi connectivity index (χ3n) is 0.542. The Morgan fingerprint density at radius 3 is 2.44 bits per heavy atom. The van der Waals surface area contributed by atoms with Gasteiger partial charge in [-0.15, -0.1) is 0 Å². The van der Waals surface area contributed by atoms with E-state index in [1.165, 1.54) is 0 Å². The summed E-state index contributed by atoms with van der Waals surface area (Å²) in [7, 11) is 0. The molecule has 0 aromatic rings. The summed E-state index contributed by atoms with van der Waals surface area (Å²) in [5.41, 5.74) is 1.04. The predicted molar refractivity (Wildman–Crippen MR) is 50.4 cm³/mol. The molecule has 0 atom stereocenters. The summed E-state index contributed by atoms with van der Waals surface area (Å²) < 4.78 is 1.69. The van der Waals surface area contributed by atoms with Crippen LogP contribution in [0.25, 0.3) is 0 Å². The quantitative estimate of drug-likeness (QED) is 0.519. The summed E-state index contributed by atoms with van der Waals surface area (Å²) >= 11 is 2.05. The number of hydrogen-bond donors (Lipinski definition) is 0. The minimum atomic E-state index is 1.04. The van der Waals surface area contributed by atoms with Crippen LogP contribution in [-0.4, -0.2) is 9.93 Å². The molecule has 0 N–H and O–H groups in total. The van der Waals surface area contributed by atoms with Crippen molar-refractivity contribution in [3.8, 4) is 0 Å². The fourth-order valence-electron chi connectivity index (χ4n) is 0.253. The Morgan fingerprint density at radius 2 is 2.00 bits per heavy atom. The molecule has 0 unspecified atom stereocenters. The lowest BCUT2D eigenvalue weighted by atomic mass is 10.5. The van der Waals surface area contributed by atoms with Crippen molar-refractivity contribution in [3.63, 3.8) is 0 Å². The Labute approximate surface area is 68.9 Å². The van der Waals surface area contributed by atoms with E-state index in [9.17, 15) is 0 Å². The Kier molecular flexibility index (Phi) is 5.81. The lowest BCUT2D eigenvalue weighted by Gasteiger charge is -1.79. The highest BCUT2D eigenvalue weighted by Crippen LogP contribution is 1.80. The van der Waals surface area contributed by atoms with E-state index in [0.29, 0.717) is 0 Å². The van der Waals surface area contributed by atoms with Crippen molar-refractivity contribution < 1.29 is 0 Å². The highest BCUT2D eigenvalue weighted by atomic mass is 127. The van der Waals surface area contributed by atoms with Gasteiger partial charge in [0.2, 0.25) is 0 Å². The third-order valence-corrected chi connectivity index (χ3v) is 0.863. The standard InChI is InChI=1S/C6H9IN2/c1-6(2)9-4-3-8-5-7/h3-5H,1-2H3/b4-3-,8-5?. The van der Waals surface area contributed by atoms with Crippen LogP contribution in [0.1, 0.15) is 13.8 Å². The summed E-state index contributed by atoms with van der Waals surface area (Å²) in [6.45, 7) is 3.89. The molecule has 0 radical (unpaired) electrons. The SMILES string of the molecule is CC(C)=N/C=C\N=CI. The summed E-state index contributed by atoms with van der Waals surface area (Å²) in [5, 5.41) is 0. The summed E-state index contributed by atoms with van der Waals surface area (Å²) in [5.74, 6) is 0. The Hall–Kier alpha value is -0.190. The van der Waals surface area contributed by atoms with Gasteiger partial charge in [-0.2, -0.15) is 0 Å². The van der Waals surface area contributed by atoms with Crippen LogP contribution in [-0.2, 0) is 0 Å². The summed E-state index contributed by atoms with van der Waals surface area (Å²) in [6, 6.07) is 0. The maximum atomic E-state index is 3.98. The largest absolute Gasteiger partial charge is 0.265 e. The van der Waals surface area contributed by atoms with Crippen LogP contribution >= 0.6 is 22.6 Å². The summed E-state index contributed by atoms with van der Waals surface area (Å²) in [4.78, 5) is 7.80. The molecule has 0 bridgehead atoms. The molecule has 2 nitrogen and oxygen atoms in total. The van der Waals surface area contributed by atoms with E-state index >= 15 is 0 Å². The first-order valence-electron chi connectivity index (χ1n) is 2.55. The Morgan fingerprint density at radius 1 is 1.33 bits per heavy atom. The number of nitrogens with zero attached hydrogens (tertiary/aromatic N) is 2. The van der Waals surface area contributed by atoms with Crippen LogP contribution in [0.3, 0.4) is 0 Å². The Bertz CT molecular complexity index is 143. The molecule has 0 aliphatic carbocycles. The fraction of sp³-hybridized carbons (Fsp3) is 0.333. The molecule has 0 heterocycles. The highest BCUT2D eigenvalue weighted by molar-refractivity contribution is 14.1. The van der Waals surface area contributed by atoms with Crippen LogP contribution in [0.4, 0.5) is 0 Å². The van der Waals surface area contributed by atoms with Gasteiger partial charge in [-0.1, -0.05) is 0 Å². The molecule has 50 valence electrons. The second kappa shape index (κ2) is 5.94. The average molecular weight is 236 g/mol. The number of aliphatic imine (C=N–C) groups is 2. The van der Waals surface area contributed by atoms with Gasteiger partial charge in [-0.05, 0) is 36.4 Å². The fourth-order valence-corrected chi connectivity index (χ4v) is 0.439. The lowest BCUT2D eigenvalue weighted by Crippen LogP contribution is -1.74. The second-order valence-corrected chi connectivity index (χ2v) is 2.18. The van der Waals surface area contributed by atoms with Crippen molar-refractivity contribution in [3.05, 3.63) is 12.4 Å². The normalized spacial score (nSPS) is 11.0. The molecule has 0 rings (SSSR count). The first-order chi connectivity index (χ1) is 4.27. The molecular formula is C6H9IN2. The van der Waals surface area contributed by atoms with Gasteiger partial charge in [0.05, 0.1) is 4.22 Å². The molecule has 0 saturated carbocycles. The van der Waals surface area contributed by atoms with E-state index in [1.807, 2.05) is 13.8 Å². The van der Waals surface area contributed by atoms with E-state index in [4.69, 9.17) is 0 Å². The van der Waals surface area contributed by atoms with Crippen molar-refractivity contribution in [2.45, 2.75) is 13.8 Å². The predicted octanol–water partition coefficient (Wildman–Crippen LogP) is 2.40. The lowest BCUT2D eigenvalue weighted by molar-refractivity contribution is 1.45. The molecule has 0 amide bonds. The summed E-state index contributed by atoms with van der Waals surface area (Å²) in [6.07, 6.45) is 3.32. The van der Waals surface area contributed by atoms with Crippen LogP contribution in [0.5, 0.6) is 0 Å². The van der Waals surface area contributed by atoms with Crippen LogP contribution in [0.2, 0.25) is 0 Å². The van der Waals surface area contributed by atoms with E-state index < -0.39 is 0 Å². The van der Waals surface area contributed by atoms with E-state index in [-0.39, 0.29) is 0 Å². The Balaban J connectivity index is 3.60. The molecule has 0 fully saturated rings. The van der Waals surface area contributed by atoms with Gasteiger partial charge in [-0.25, -0.2) is 0 Å². The van der Waals surface area contributed by atoms with Crippen molar-refractivity contribution in [2.24, 2.45) is 9.98 Å². The maximum Gasteiger partial charge on any atom is 0.0651 e. The van der Waals surface area contributed by atoms with Gasteiger partial charge in [0, 0.05) is 18.1 Å². The molecule has 0 aliphatic rings. The number of hydrogen-bond acceptors (Lipinski definition) is 2. The molecule has 0 spiro atoms. The van der Waals surface area contributed by atoms with Crippen molar-refractivity contribution in [2.75, 3.05) is 0 Å². The third kappa shape index (κ3) is 7.81. The van der Waals surface area contributed by atoms with Gasteiger partial charge in [-0.3, -0.25) is 9.98 Å². The molecule has 9 heavy (non-hydrogen) atoms. The zero-order valence-corrected chi connectivity index (χ0v) is 7.66. The first kappa shape index (κ1) is 8.81. The molecule has 0 saturated heterocycles. The highest BCUT2D eigenvalue weighted by Gasteiger charge is 1.68. The number of halogens is 1. The molecular weight excluding hydrogens is 227 g/mol. The van der Waals surface area contributed by atoms with Gasteiger partial charge in [0.25, 0.3) is 0 Å². The van der Waals surface area contributed by atoms with Crippen LogP contribution in [0.15, 0.2) is 22.4 Å². The van der Waals surface area contributed by atoms with Crippen molar-refractivity contribution in [1.82, 2.24) is 0 Å². The topological polar surface area (TPSA) is 24.7 Å². The second-order valence-electron chi connectivity index (χ2n) is 1.62. The molecule has 0 aliphatic heterocycles. The minimum Gasteiger partial charge on any atom is -0.265 e. The molecule has 0 aromatic carbocycles. The maximum absolute atomic E-state index is 3.98. The van der Waals surface area contributed by atoms with E-state index in [1.54, 1.807) is 16.6 Å². The first-order valence-corrected chi connectivity index (χ1v) is 3.80. The smallest absolute Gasteiger partial charge is 0.0651 e. The average Bonchev–Trinajstić information content (AvgIpc) is 1.80. The molecule has 0 aromatic heterocycles. The minimum absolute atomic E-state index is 1.04. The monoisotopic (exact) mass is 236 g/mol. The van der Waals surface area contributed by atoms with Gasteiger partial charge in [0.1, 0.15) is 0 Å². The van der Waals surface area contributed by atoms with Gasteiger partial charge in [0.15, 0.2) is 0 Å². The van der Waals surface area contributed by atoms with Crippen molar-refractivity contribution in [1.29, 1.82) is 0 Å². The zero-order chi connectivity index (χ0) is 7.11. The van der Waals surface area contributed by atoms with E-state index in [0.717, 1.165) is 5.71 Å². The van der Waals surface area contributed by atoms with Gasteiger partial charge >= 0.3 is 0 Å². The van der Waals surface area contributed by atoms with Crippen LogP contribution in [0, 0.1) is 0 Å². The molecule has 3 heteroatoms. The van der Waals surface area contributed by atoms with Gasteiger partial charge < -0.3 is 0 Å². The van der Waals surface area contributed by atoms with Crippen molar-refractivity contribution >= 4 is 32.5 Å².